The van der Waals surface area contributed by atoms with Gasteiger partial charge in [-0.05, 0) is 25.0 Å². The molecule has 0 saturated carbocycles. The van der Waals surface area contributed by atoms with Gasteiger partial charge in [-0.15, -0.1) is 0 Å². The summed E-state index contributed by atoms with van der Waals surface area (Å²) in [4.78, 5) is 11.0. The van der Waals surface area contributed by atoms with Crippen LogP contribution in [0, 0.1) is 6.92 Å². The summed E-state index contributed by atoms with van der Waals surface area (Å²) in [7, 11) is 0. The minimum Gasteiger partial charge on any atom is -0.389 e. The molecule has 1 aromatic carbocycles. The number of hydrogen-bond donors (Lipinski definition) is 3. The normalized spacial score (nSPS) is 9.94. The summed E-state index contributed by atoms with van der Waals surface area (Å²) in [5, 5.41) is 3.24. The number of hydrogen-bond acceptors (Lipinski definition) is 3. The summed E-state index contributed by atoms with van der Waals surface area (Å²) in [5.74, 6) is -0.286. The molecule has 5 N–H and O–H groups in total. The van der Waals surface area contributed by atoms with Crippen LogP contribution < -0.4 is 16.8 Å². The third kappa shape index (κ3) is 4.03. The van der Waals surface area contributed by atoms with Gasteiger partial charge in [0.2, 0.25) is 5.91 Å². The van der Waals surface area contributed by atoms with Crippen molar-refractivity contribution >= 4 is 28.8 Å². The molecule has 1 rings (SSSR count). The fraction of sp³-hybridized carbons (Fsp3) is 0.333. The first-order chi connectivity index (χ1) is 8.02. The topological polar surface area (TPSA) is 81.1 Å². The second kappa shape index (κ2) is 6.20. The van der Waals surface area contributed by atoms with Crippen molar-refractivity contribution in [3.8, 4) is 0 Å². The molecule has 17 heavy (non-hydrogen) atoms. The molecule has 0 unspecified atom stereocenters. The standard InChI is InChI=1S/C12H17N3OS/c1-8-4-2-5-9(12(14)17)11(8)15-7-3-6-10(13)16/h2,4-5,15H,3,6-7H2,1H3,(H2,13,16)(H2,14,17). The Morgan fingerprint density at radius 3 is 2.71 bits per heavy atom. The van der Waals surface area contributed by atoms with E-state index in [0.29, 0.717) is 24.4 Å². The van der Waals surface area contributed by atoms with E-state index in [1.54, 1.807) is 0 Å². The van der Waals surface area contributed by atoms with Crippen molar-refractivity contribution in [1.82, 2.24) is 0 Å². The number of carbonyl (C=O) groups excluding carboxylic acids is 1. The van der Waals surface area contributed by atoms with E-state index in [2.05, 4.69) is 5.32 Å². The Morgan fingerprint density at radius 2 is 2.12 bits per heavy atom. The number of primary amides is 1. The van der Waals surface area contributed by atoms with Crippen LogP contribution in [0.5, 0.6) is 0 Å². The van der Waals surface area contributed by atoms with Gasteiger partial charge in [-0.1, -0.05) is 24.4 Å². The van der Waals surface area contributed by atoms with Gasteiger partial charge in [0.1, 0.15) is 4.99 Å². The van der Waals surface area contributed by atoms with Crippen LogP contribution in [-0.4, -0.2) is 17.4 Å². The molecule has 0 atom stereocenters. The van der Waals surface area contributed by atoms with Crippen LogP contribution in [0.3, 0.4) is 0 Å². The zero-order valence-corrected chi connectivity index (χ0v) is 10.6. The molecule has 0 saturated heterocycles. The lowest BCUT2D eigenvalue weighted by molar-refractivity contribution is -0.118. The third-order valence-corrected chi connectivity index (χ3v) is 2.66. The van der Waals surface area contributed by atoms with Crippen LogP contribution in [0.15, 0.2) is 18.2 Å². The minimum absolute atomic E-state index is 0.286. The first kappa shape index (κ1) is 13.4. The molecule has 1 amide bonds. The van der Waals surface area contributed by atoms with Crippen LogP contribution in [0.25, 0.3) is 0 Å². The van der Waals surface area contributed by atoms with E-state index in [0.717, 1.165) is 16.8 Å². The van der Waals surface area contributed by atoms with E-state index >= 15 is 0 Å². The van der Waals surface area contributed by atoms with Crippen molar-refractivity contribution in [2.24, 2.45) is 11.5 Å². The van der Waals surface area contributed by atoms with Crippen molar-refractivity contribution in [1.29, 1.82) is 0 Å². The highest BCUT2D eigenvalue weighted by Crippen LogP contribution is 2.20. The first-order valence-corrected chi connectivity index (χ1v) is 5.84. The Morgan fingerprint density at radius 1 is 1.41 bits per heavy atom. The number of benzene rings is 1. The predicted molar refractivity (Wildman–Crippen MR) is 74.0 cm³/mol. The molecule has 0 fully saturated rings. The Labute approximate surface area is 106 Å². The van der Waals surface area contributed by atoms with Crippen LogP contribution in [-0.2, 0) is 4.79 Å². The number of amides is 1. The molecule has 0 bridgehead atoms. The highest BCUT2D eigenvalue weighted by atomic mass is 32.1. The van der Waals surface area contributed by atoms with Crippen LogP contribution in [0.4, 0.5) is 5.69 Å². The van der Waals surface area contributed by atoms with Crippen molar-refractivity contribution < 1.29 is 4.79 Å². The number of para-hydroxylation sites is 1. The van der Waals surface area contributed by atoms with Crippen molar-refractivity contribution in [2.75, 3.05) is 11.9 Å². The molecule has 92 valence electrons. The molecule has 5 heteroatoms. The van der Waals surface area contributed by atoms with E-state index in [1.807, 2.05) is 25.1 Å². The van der Waals surface area contributed by atoms with E-state index in [-0.39, 0.29) is 5.91 Å². The molecule has 0 aliphatic heterocycles. The maximum absolute atomic E-state index is 10.6. The quantitative estimate of drug-likeness (QED) is 0.526. The fourth-order valence-corrected chi connectivity index (χ4v) is 1.75. The highest BCUT2D eigenvalue weighted by Gasteiger charge is 2.07. The molecule has 0 spiro atoms. The van der Waals surface area contributed by atoms with Gasteiger partial charge < -0.3 is 16.8 Å². The fourth-order valence-electron chi connectivity index (χ4n) is 1.58. The van der Waals surface area contributed by atoms with Crippen LogP contribution in [0.1, 0.15) is 24.0 Å². The van der Waals surface area contributed by atoms with E-state index < -0.39 is 0 Å². The lowest BCUT2D eigenvalue weighted by Gasteiger charge is -2.13. The summed E-state index contributed by atoms with van der Waals surface area (Å²) >= 11 is 4.99. The molecular formula is C12H17N3OS. The molecule has 1 aromatic rings. The van der Waals surface area contributed by atoms with Gasteiger partial charge in [-0.3, -0.25) is 4.79 Å². The number of nitrogens with one attached hydrogen (secondary N) is 1. The number of anilines is 1. The summed E-state index contributed by atoms with van der Waals surface area (Å²) in [5.41, 5.74) is 13.6. The van der Waals surface area contributed by atoms with Gasteiger partial charge in [0.25, 0.3) is 0 Å². The lowest BCUT2D eigenvalue weighted by atomic mass is 10.1. The van der Waals surface area contributed by atoms with Crippen LogP contribution in [0.2, 0.25) is 0 Å². The Kier molecular flexibility index (Phi) is 4.90. The zero-order valence-electron chi connectivity index (χ0n) is 9.82. The maximum Gasteiger partial charge on any atom is 0.217 e. The number of aryl methyl sites for hydroxylation is 1. The minimum atomic E-state index is -0.286. The van der Waals surface area contributed by atoms with Gasteiger partial charge in [-0.25, -0.2) is 0 Å². The van der Waals surface area contributed by atoms with Crippen molar-refractivity contribution in [3.63, 3.8) is 0 Å². The molecule has 0 aliphatic carbocycles. The molecule has 0 aromatic heterocycles. The second-order valence-electron chi connectivity index (χ2n) is 3.86. The first-order valence-electron chi connectivity index (χ1n) is 5.44. The molecular weight excluding hydrogens is 234 g/mol. The largest absolute Gasteiger partial charge is 0.389 e. The SMILES string of the molecule is Cc1cccc(C(N)=S)c1NCCCC(N)=O. The molecule has 0 radical (unpaired) electrons. The highest BCUT2D eigenvalue weighted by molar-refractivity contribution is 7.80. The summed E-state index contributed by atoms with van der Waals surface area (Å²) < 4.78 is 0. The van der Waals surface area contributed by atoms with Gasteiger partial charge >= 0.3 is 0 Å². The maximum atomic E-state index is 10.6. The second-order valence-corrected chi connectivity index (χ2v) is 4.30. The Hall–Kier alpha value is -1.62. The number of rotatable bonds is 6. The number of nitrogens with two attached hydrogens (primary N) is 2. The number of carbonyl (C=O) groups is 1. The van der Waals surface area contributed by atoms with Gasteiger partial charge in [0.15, 0.2) is 0 Å². The van der Waals surface area contributed by atoms with Gasteiger partial charge in [0.05, 0.1) is 0 Å². The van der Waals surface area contributed by atoms with Crippen LogP contribution >= 0.6 is 12.2 Å². The van der Waals surface area contributed by atoms with Gasteiger partial charge in [-0.2, -0.15) is 0 Å². The number of thiocarbonyl (C=S) groups is 1. The summed E-state index contributed by atoms with van der Waals surface area (Å²) in [6.45, 7) is 2.65. The smallest absolute Gasteiger partial charge is 0.217 e. The van der Waals surface area contributed by atoms with E-state index in [4.69, 9.17) is 23.7 Å². The summed E-state index contributed by atoms with van der Waals surface area (Å²) in [6.07, 6.45) is 1.07. The van der Waals surface area contributed by atoms with Crippen molar-refractivity contribution in [3.05, 3.63) is 29.3 Å². The average Bonchev–Trinajstić information content (AvgIpc) is 2.25. The average molecular weight is 251 g/mol. The Balaban J connectivity index is 2.69. The third-order valence-electron chi connectivity index (χ3n) is 2.44. The molecule has 4 nitrogen and oxygen atoms in total. The monoisotopic (exact) mass is 251 g/mol. The summed E-state index contributed by atoms with van der Waals surface area (Å²) in [6, 6.07) is 5.78. The van der Waals surface area contributed by atoms with Gasteiger partial charge in [0, 0.05) is 24.2 Å². The zero-order chi connectivity index (χ0) is 12.8. The lowest BCUT2D eigenvalue weighted by Crippen LogP contribution is -2.16. The predicted octanol–water partition coefficient (Wildman–Crippen LogP) is 1.31. The molecule has 0 aliphatic rings. The van der Waals surface area contributed by atoms with E-state index in [9.17, 15) is 4.79 Å². The molecule has 0 heterocycles. The van der Waals surface area contributed by atoms with Crippen molar-refractivity contribution in [2.45, 2.75) is 19.8 Å². The Bertz CT molecular complexity index is 432. The van der Waals surface area contributed by atoms with E-state index in [1.165, 1.54) is 0 Å².